The van der Waals surface area contributed by atoms with Gasteiger partial charge in [0.1, 0.15) is 5.75 Å². The summed E-state index contributed by atoms with van der Waals surface area (Å²) < 4.78 is 0. The Bertz CT molecular complexity index is 474. The molecule has 1 aliphatic rings. The van der Waals surface area contributed by atoms with Crippen molar-refractivity contribution in [3.63, 3.8) is 0 Å². The van der Waals surface area contributed by atoms with Crippen molar-refractivity contribution < 1.29 is 5.11 Å². The van der Waals surface area contributed by atoms with Crippen LogP contribution in [0.1, 0.15) is 31.9 Å². The van der Waals surface area contributed by atoms with E-state index in [0.29, 0.717) is 5.02 Å². The maximum absolute atomic E-state index is 10.2. The molecule has 0 bridgehead atoms. The Morgan fingerprint density at radius 1 is 1.15 bits per heavy atom. The second kappa shape index (κ2) is 5.92. The van der Waals surface area contributed by atoms with Crippen LogP contribution in [0.5, 0.6) is 5.75 Å². The van der Waals surface area contributed by atoms with E-state index in [9.17, 15) is 5.11 Å². The lowest BCUT2D eigenvalue weighted by Gasteiger charge is -2.33. The van der Waals surface area contributed by atoms with E-state index in [0.717, 1.165) is 38.3 Å². The molecule has 0 aliphatic carbocycles. The summed E-state index contributed by atoms with van der Waals surface area (Å²) >= 11 is 6.19. The zero-order chi connectivity index (χ0) is 14.9. The summed E-state index contributed by atoms with van der Waals surface area (Å²) in [5, 5.41) is 10.7. The SMILES string of the molecule is CN1CCN(Cc2cc(C(C)(C)C)cc(Cl)c2O)CC1. The Kier molecular flexibility index (Phi) is 4.62. The van der Waals surface area contributed by atoms with E-state index in [2.05, 4.69) is 43.7 Å². The third-order valence-electron chi connectivity index (χ3n) is 4.00. The van der Waals surface area contributed by atoms with Crippen molar-refractivity contribution in [2.45, 2.75) is 32.7 Å². The lowest BCUT2D eigenvalue weighted by molar-refractivity contribution is 0.147. The minimum Gasteiger partial charge on any atom is -0.506 e. The van der Waals surface area contributed by atoms with Gasteiger partial charge in [0.25, 0.3) is 0 Å². The van der Waals surface area contributed by atoms with Crippen molar-refractivity contribution in [1.29, 1.82) is 0 Å². The molecular formula is C16H25ClN2O. The molecule has 1 fully saturated rings. The Hall–Kier alpha value is -0.770. The number of hydrogen-bond acceptors (Lipinski definition) is 3. The number of aromatic hydroxyl groups is 1. The summed E-state index contributed by atoms with van der Waals surface area (Å²) in [6, 6.07) is 3.98. The fraction of sp³-hybridized carbons (Fsp3) is 0.625. The Balaban J connectivity index is 2.20. The summed E-state index contributed by atoms with van der Waals surface area (Å²) in [6.07, 6.45) is 0. The number of rotatable bonds is 2. The Morgan fingerprint density at radius 2 is 1.75 bits per heavy atom. The first-order valence-electron chi connectivity index (χ1n) is 7.20. The smallest absolute Gasteiger partial charge is 0.138 e. The zero-order valence-electron chi connectivity index (χ0n) is 12.9. The molecule has 1 aromatic carbocycles. The second-order valence-electron chi connectivity index (χ2n) is 6.80. The molecule has 20 heavy (non-hydrogen) atoms. The number of hydrogen-bond donors (Lipinski definition) is 1. The van der Waals surface area contributed by atoms with Gasteiger partial charge >= 0.3 is 0 Å². The topological polar surface area (TPSA) is 26.7 Å². The standard InChI is InChI=1S/C16H25ClN2O/c1-16(2,3)13-9-12(15(20)14(17)10-13)11-19-7-5-18(4)6-8-19/h9-10,20H,5-8,11H2,1-4H3. The third kappa shape index (κ3) is 3.66. The highest BCUT2D eigenvalue weighted by Crippen LogP contribution is 2.34. The molecule has 1 heterocycles. The lowest BCUT2D eigenvalue weighted by Crippen LogP contribution is -2.43. The van der Waals surface area contributed by atoms with E-state index < -0.39 is 0 Å². The molecule has 0 unspecified atom stereocenters. The van der Waals surface area contributed by atoms with Gasteiger partial charge in [-0.15, -0.1) is 0 Å². The summed E-state index contributed by atoms with van der Waals surface area (Å²) in [5.74, 6) is 0.235. The average Bonchev–Trinajstić information content (AvgIpc) is 2.36. The molecule has 1 saturated heterocycles. The van der Waals surface area contributed by atoms with E-state index in [1.807, 2.05) is 6.07 Å². The molecule has 112 valence electrons. The first kappa shape index (κ1) is 15.6. The molecule has 0 spiro atoms. The molecule has 0 amide bonds. The van der Waals surface area contributed by atoms with E-state index in [1.165, 1.54) is 5.56 Å². The van der Waals surface area contributed by atoms with Crippen LogP contribution < -0.4 is 0 Å². The summed E-state index contributed by atoms with van der Waals surface area (Å²) in [7, 11) is 2.14. The van der Waals surface area contributed by atoms with Crippen LogP contribution in [0, 0.1) is 0 Å². The van der Waals surface area contributed by atoms with Crippen LogP contribution in [0.4, 0.5) is 0 Å². The van der Waals surface area contributed by atoms with E-state index in [1.54, 1.807) is 0 Å². The molecule has 0 radical (unpaired) electrons. The predicted octanol–water partition coefficient (Wildman–Crippen LogP) is 3.09. The van der Waals surface area contributed by atoms with Crippen LogP contribution in [0.3, 0.4) is 0 Å². The molecule has 1 aromatic rings. The van der Waals surface area contributed by atoms with Gasteiger partial charge in [-0.1, -0.05) is 38.4 Å². The van der Waals surface area contributed by atoms with Gasteiger partial charge in [-0.2, -0.15) is 0 Å². The van der Waals surface area contributed by atoms with Gasteiger partial charge in [0.15, 0.2) is 0 Å². The van der Waals surface area contributed by atoms with Crippen LogP contribution in [0.15, 0.2) is 12.1 Å². The molecule has 0 atom stereocenters. The van der Waals surface area contributed by atoms with Crippen LogP contribution >= 0.6 is 11.6 Å². The number of phenols is 1. The summed E-state index contributed by atoms with van der Waals surface area (Å²) in [4.78, 5) is 4.70. The van der Waals surface area contributed by atoms with Crippen LogP contribution in [-0.4, -0.2) is 48.1 Å². The van der Waals surface area contributed by atoms with Gasteiger partial charge in [0.2, 0.25) is 0 Å². The van der Waals surface area contributed by atoms with Crippen LogP contribution in [0.2, 0.25) is 5.02 Å². The van der Waals surface area contributed by atoms with Gasteiger partial charge in [-0.05, 0) is 24.1 Å². The minimum absolute atomic E-state index is 0.0359. The fourth-order valence-corrected chi connectivity index (χ4v) is 2.70. The van der Waals surface area contributed by atoms with Crippen molar-refractivity contribution >= 4 is 11.6 Å². The number of halogens is 1. The van der Waals surface area contributed by atoms with Crippen molar-refractivity contribution in [1.82, 2.24) is 9.80 Å². The number of piperazine rings is 1. The molecule has 4 heteroatoms. The van der Waals surface area contributed by atoms with E-state index in [4.69, 9.17) is 11.6 Å². The number of likely N-dealkylation sites (N-methyl/N-ethyl adjacent to an activating group) is 1. The lowest BCUT2D eigenvalue weighted by atomic mass is 9.86. The predicted molar refractivity (Wildman–Crippen MR) is 84.6 cm³/mol. The molecule has 1 N–H and O–H groups in total. The van der Waals surface area contributed by atoms with Crippen LogP contribution in [0.25, 0.3) is 0 Å². The molecule has 2 rings (SSSR count). The van der Waals surface area contributed by atoms with Gasteiger partial charge in [-0.3, -0.25) is 4.90 Å². The minimum atomic E-state index is 0.0359. The highest BCUT2D eigenvalue weighted by molar-refractivity contribution is 6.32. The normalized spacial score (nSPS) is 18.4. The molecule has 1 aliphatic heterocycles. The van der Waals surface area contributed by atoms with E-state index >= 15 is 0 Å². The van der Waals surface area contributed by atoms with Gasteiger partial charge in [-0.25, -0.2) is 0 Å². The van der Waals surface area contributed by atoms with Gasteiger partial charge in [0.05, 0.1) is 5.02 Å². The Morgan fingerprint density at radius 3 is 2.30 bits per heavy atom. The first-order valence-corrected chi connectivity index (χ1v) is 7.58. The van der Waals surface area contributed by atoms with Crippen molar-refractivity contribution in [2.75, 3.05) is 33.2 Å². The molecule has 3 nitrogen and oxygen atoms in total. The van der Waals surface area contributed by atoms with Crippen LogP contribution in [-0.2, 0) is 12.0 Å². The Labute approximate surface area is 127 Å². The number of phenolic OH excluding ortho intramolecular Hbond substituents is 1. The highest BCUT2D eigenvalue weighted by atomic mass is 35.5. The van der Waals surface area contributed by atoms with E-state index in [-0.39, 0.29) is 11.2 Å². The van der Waals surface area contributed by atoms with Crippen molar-refractivity contribution in [3.05, 3.63) is 28.3 Å². The summed E-state index contributed by atoms with van der Waals surface area (Å²) in [6.45, 7) is 11.5. The van der Waals surface area contributed by atoms with Gasteiger partial charge < -0.3 is 10.0 Å². The molecule has 0 saturated carbocycles. The maximum atomic E-state index is 10.2. The second-order valence-corrected chi connectivity index (χ2v) is 7.20. The monoisotopic (exact) mass is 296 g/mol. The largest absolute Gasteiger partial charge is 0.506 e. The van der Waals surface area contributed by atoms with Crippen molar-refractivity contribution in [2.24, 2.45) is 0 Å². The first-order chi connectivity index (χ1) is 9.27. The van der Waals surface area contributed by atoms with Crippen molar-refractivity contribution in [3.8, 4) is 5.75 Å². The summed E-state index contributed by atoms with van der Waals surface area (Å²) in [5.41, 5.74) is 2.14. The van der Waals surface area contributed by atoms with Gasteiger partial charge in [0, 0.05) is 38.3 Å². The zero-order valence-corrected chi connectivity index (χ0v) is 13.7. The average molecular weight is 297 g/mol. The third-order valence-corrected chi connectivity index (χ3v) is 4.29. The maximum Gasteiger partial charge on any atom is 0.138 e. The number of nitrogens with zero attached hydrogens (tertiary/aromatic N) is 2. The highest BCUT2D eigenvalue weighted by Gasteiger charge is 2.20. The quantitative estimate of drug-likeness (QED) is 0.908. The number of benzene rings is 1. The fourth-order valence-electron chi connectivity index (χ4n) is 2.46. The molecule has 0 aromatic heterocycles. The molecular weight excluding hydrogens is 272 g/mol.